The monoisotopic (exact) mass is 1390 g/mol. The smallest absolute Gasteiger partial charge is 0.410 e. The van der Waals surface area contributed by atoms with Gasteiger partial charge in [-0.25, -0.2) is 14.4 Å². The number of ether oxygens (including phenoxy) is 5. The maximum Gasteiger partial charge on any atom is 0.410 e. The third-order valence-corrected chi connectivity index (χ3v) is 18.3. The largest absolute Gasteiger partial charge is 0.481 e. The van der Waals surface area contributed by atoms with Crippen molar-refractivity contribution in [1.82, 2.24) is 30.7 Å². The molecule has 0 spiro atoms. The number of carbonyl (C=O) groups is 12. The SMILES string of the molecule is CC[C@H](O)[C@@H](C)[C@H]1O[C@@H]1C[C@@](C)(O)/C=C/C=C(\C)[C@H]1OC(=O)C[C@H](O)CC[C@@](C)(OC(C)=O)[C@@H](OC(=O)N2CCN(C(=O)OCc3ccc(CC(=O)[C@H](CCCNC(N)=O)NC(=O)[C@@H](CC(=O)[C@H](CCC(=O)O)NC(=O)CCCCCN4C(=O)C=CC4=O)C(C)C)cc3)CC2)/C=C/[C@@H]1C. The quantitative estimate of drug-likeness (QED) is 0.00808. The minimum atomic E-state index is -1.52. The Morgan fingerprint density at radius 3 is 2.10 bits per heavy atom. The number of carboxylic acids is 1. The number of aliphatic hydroxyl groups is 3. The van der Waals surface area contributed by atoms with E-state index in [-0.39, 0.29) is 115 Å². The number of carbonyl (C=O) groups excluding carboxylic acids is 11. The number of ketones is 2. The lowest BCUT2D eigenvalue weighted by molar-refractivity contribution is -0.168. The van der Waals surface area contributed by atoms with E-state index in [0.29, 0.717) is 48.8 Å². The summed E-state index contributed by atoms with van der Waals surface area (Å²) in [6.07, 6.45) is 5.70. The zero-order valence-corrected chi connectivity index (χ0v) is 58.5. The predicted molar refractivity (Wildman–Crippen MR) is 359 cm³/mol. The highest BCUT2D eigenvalue weighted by molar-refractivity contribution is 6.12. The predicted octanol–water partition coefficient (Wildman–Crippen LogP) is 5.35. The maximum absolute atomic E-state index is 14.1. The Kier molecular flexibility index (Phi) is 31.9. The fourth-order valence-electron chi connectivity index (χ4n) is 12.1. The summed E-state index contributed by atoms with van der Waals surface area (Å²) < 4.78 is 29.3. The highest BCUT2D eigenvalue weighted by atomic mass is 16.6. The first-order valence-electron chi connectivity index (χ1n) is 34.3. The van der Waals surface area contributed by atoms with E-state index >= 15 is 0 Å². The van der Waals surface area contributed by atoms with Gasteiger partial charge in [-0.05, 0) is 101 Å². The lowest BCUT2D eigenvalue weighted by atomic mass is 9.86. The van der Waals surface area contributed by atoms with Crippen molar-refractivity contribution in [3.05, 3.63) is 83.5 Å². The number of primary amides is 1. The van der Waals surface area contributed by atoms with E-state index in [9.17, 15) is 78.0 Å². The first kappa shape index (κ1) is 81.3. The zero-order chi connectivity index (χ0) is 73.3. The van der Waals surface area contributed by atoms with Crippen LogP contribution in [-0.2, 0) is 79.9 Å². The van der Waals surface area contributed by atoms with Gasteiger partial charge in [0.2, 0.25) is 11.8 Å². The van der Waals surface area contributed by atoms with Gasteiger partial charge in [0.25, 0.3) is 11.8 Å². The topological polar surface area (TPSA) is 407 Å². The number of aliphatic hydroxyl groups excluding tert-OH is 2. The number of nitrogens with two attached hydrogens (primary N) is 1. The number of hydrogen-bond acceptors (Lipinski definition) is 20. The van der Waals surface area contributed by atoms with Gasteiger partial charge in [-0.1, -0.05) is 89.6 Å². The van der Waals surface area contributed by atoms with Gasteiger partial charge in [0.05, 0.1) is 48.5 Å². The second-order valence-corrected chi connectivity index (χ2v) is 27.1. The van der Waals surface area contributed by atoms with Crippen LogP contribution in [-0.4, -0.2) is 206 Å². The van der Waals surface area contributed by atoms with Gasteiger partial charge in [-0.15, -0.1) is 0 Å². The number of nitrogens with zero attached hydrogens (tertiary/aromatic N) is 3. The second-order valence-electron chi connectivity index (χ2n) is 27.1. The molecule has 548 valence electrons. The molecule has 4 aliphatic rings. The number of allylic oxidation sites excluding steroid dienone is 2. The highest BCUT2D eigenvalue weighted by Crippen LogP contribution is 2.38. The number of benzene rings is 1. The maximum atomic E-state index is 14.1. The van der Waals surface area contributed by atoms with Crippen molar-refractivity contribution >= 4 is 71.3 Å². The molecule has 1 aromatic carbocycles. The molecule has 13 atom stereocenters. The molecular weight excluding hydrogens is 1290 g/mol. The molecule has 0 bridgehead atoms. The molecule has 1 aromatic rings. The van der Waals surface area contributed by atoms with Gasteiger partial charge in [0.15, 0.2) is 17.7 Å². The van der Waals surface area contributed by atoms with E-state index in [0.717, 1.165) is 4.90 Å². The zero-order valence-electron chi connectivity index (χ0n) is 58.5. The molecule has 0 aromatic heterocycles. The van der Waals surface area contributed by atoms with Gasteiger partial charge in [-0.3, -0.25) is 48.1 Å². The van der Waals surface area contributed by atoms with Crippen LogP contribution in [0.1, 0.15) is 163 Å². The van der Waals surface area contributed by atoms with Crippen molar-refractivity contribution in [2.45, 2.75) is 225 Å². The summed E-state index contributed by atoms with van der Waals surface area (Å²) in [5.74, 6) is -7.63. The number of amides is 8. The number of Topliss-reactive ketones (excluding diaryl/α,β-unsaturated/α-hetero) is 2. The lowest BCUT2D eigenvalue weighted by Crippen LogP contribution is -2.53. The molecule has 4 aliphatic heterocycles. The minimum absolute atomic E-state index is 0.0185. The normalized spacial score (nSPS) is 23.8. The van der Waals surface area contributed by atoms with Crippen LogP contribution in [0.3, 0.4) is 0 Å². The molecule has 0 aliphatic carbocycles. The summed E-state index contributed by atoms with van der Waals surface area (Å²) in [7, 11) is 0. The fraction of sp³-hybridized carbons (Fsp3) is 0.634. The van der Waals surface area contributed by atoms with Gasteiger partial charge >= 0.3 is 36.1 Å². The summed E-state index contributed by atoms with van der Waals surface area (Å²) in [4.78, 5) is 159. The average Bonchev–Trinajstić information content (AvgIpc) is 1.74. The van der Waals surface area contributed by atoms with E-state index in [1.165, 1.54) is 28.9 Å². The minimum Gasteiger partial charge on any atom is -0.481 e. The number of imide groups is 1. The molecule has 0 saturated carbocycles. The number of carboxylic acid groups (broad SMARTS) is 1. The molecular formula is C71H103N7O21. The van der Waals surface area contributed by atoms with Crippen LogP contribution in [0.25, 0.3) is 0 Å². The number of aliphatic carboxylic acids is 1. The van der Waals surface area contributed by atoms with E-state index in [1.54, 1.807) is 96.2 Å². The van der Waals surface area contributed by atoms with Crippen molar-refractivity contribution in [2.24, 2.45) is 29.4 Å². The van der Waals surface area contributed by atoms with Crippen molar-refractivity contribution in [3.63, 3.8) is 0 Å². The molecule has 99 heavy (non-hydrogen) atoms. The van der Waals surface area contributed by atoms with E-state index in [1.807, 2.05) is 13.8 Å². The number of rotatable bonds is 35. The summed E-state index contributed by atoms with van der Waals surface area (Å²) in [6.45, 7) is 15.5. The van der Waals surface area contributed by atoms with E-state index < -0.39 is 150 Å². The summed E-state index contributed by atoms with van der Waals surface area (Å²) >= 11 is 0. The average molecular weight is 1390 g/mol. The summed E-state index contributed by atoms with van der Waals surface area (Å²) in [5.41, 5.74) is 4.18. The Morgan fingerprint density at radius 1 is 0.848 bits per heavy atom. The van der Waals surface area contributed by atoms with E-state index in [2.05, 4.69) is 16.0 Å². The Morgan fingerprint density at radius 2 is 1.48 bits per heavy atom. The lowest BCUT2D eigenvalue weighted by Gasteiger charge is -2.38. The highest BCUT2D eigenvalue weighted by Gasteiger charge is 2.48. The van der Waals surface area contributed by atoms with Gasteiger partial charge in [0.1, 0.15) is 18.3 Å². The van der Waals surface area contributed by atoms with Crippen molar-refractivity contribution in [2.75, 3.05) is 39.3 Å². The van der Waals surface area contributed by atoms with Crippen LogP contribution < -0.4 is 21.7 Å². The molecule has 5 rings (SSSR count). The molecule has 28 nitrogen and oxygen atoms in total. The molecule has 4 heterocycles. The number of unbranched alkanes of at least 4 members (excludes halogenated alkanes) is 2. The Labute approximate surface area is 578 Å². The Hall–Kier alpha value is -8.34. The van der Waals surface area contributed by atoms with Crippen molar-refractivity contribution in [1.29, 1.82) is 0 Å². The van der Waals surface area contributed by atoms with Crippen LogP contribution >= 0.6 is 0 Å². The number of hydrogen-bond donors (Lipinski definition) is 8. The molecule has 0 unspecified atom stereocenters. The first-order valence-corrected chi connectivity index (χ1v) is 34.3. The van der Waals surface area contributed by atoms with Crippen LogP contribution in [0, 0.1) is 23.7 Å². The third kappa shape index (κ3) is 27.0. The number of esters is 2. The fourth-order valence-corrected chi connectivity index (χ4v) is 12.1. The number of epoxide rings is 1. The summed E-state index contributed by atoms with van der Waals surface area (Å²) in [6, 6.07) is 3.53. The van der Waals surface area contributed by atoms with Gasteiger partial charge in [0, 0.05) is 108 Å². The standard InChI is InChI=1S/C71H103N7O21/c1-10-54(81)46(6)65-57(96-65)41-70(8,94)30-14-16-44(4)64-45(5)19-25-58(71(9,99-47(7)79)31-29-50(80)39-63(89)98-64)97-69(93)77-36-34-76(35-37-77)68(92)95-42-49-22-20-48(21-23-49)38-55(82)52(17-15-32-73-67(72)91)75-66(90)51(43(2)3)40-56(83)53(24-28-62(87)88)74-59(84)18-12-11-13-33-78-60(85)26-27-61(78)86/h14,16,19-23,25-27,30,43,45-46,50-54,57-58,64-65,80-81,94H,10-13,15,17-18,24,28-29,31-42H2,1-9H3,(H,74,84)(H,75,90)(H,87,88)(H3,72,73,91)/b25-19+,30-14+,44-16+/t45-,46+,50+,51-,52-,53-,54-,57+,58-,64+,65+,70-,71+/m0/s1. The molecule has 0 radical (unpaired) electrons. The van der Waals surface area contributed by atoms with Crippen LogP contribution in [0.15, 0.2) is 72.4 Å². The number of piperazine rings is 1. The van der Waals surface area contributed by atoms with Gasteiger partial charge < -0.3 is 75.6 Å². The molecule has 28 heteroatoms. The van der Waals surface area contributed by atoms with Crippen LogP contribution in [0.4, 0.5) is 14.4 Å². The Bertz CT molecular complexity index is 3100. The van der Waals surface area contributed by atoms with Crippen molar-refractivity contribution < 1.29 is 102 Å². The van der Waals surface area contributed by atoms with Crippen LogP contribution in [0.5, 0.6) is 0 Å². The first-order chi connectivity index (χ1) is 46.7. The van der Waals surface area contributed by atoms with E-state index in [4.69, 9.17) is 29.4 Å². The molecule has 2 fully saturated rings. The van der Waals surface area contributed by atoms with Crippen molar-refractivity contribution in [3.8, 4) is 0 Å². The molecule has 2 saturated heterocycles. The molecule has 9 N–H and O–H groups in total. The van der Waals surface area contributed by atoms with Crippen LogP contribution in [0.2, 0.25) is 0 Å². The Balaban J connectivity index is 1.16. The van der Waals surface area contributed by atoms with Gasteiger partial charge in [-0.2, -0.15) is 0 Å². The second kappa shape index (κ2) is 38.9. The third-order valence-electron chi connectivity index (χ3n) is 18.3. The number of nitrogens with one attached hydrogen (secondary N) is 3. The molecule has 8 amide bonds. The number of urea groups is 1. The summed E-state index contributed by atoms with van der Waals surface area (Å²) in [5, 5.41) is 49.9. The number of cyclic esters (lactones) is 1.